The van der Waals surface area contributed by atoms with Crippen molar-refractivity contribution < 1.29 is 18.7 Å². The van der Waals surface area contributed by atoms with Gasteiger partial charge in [-0.15, -0.1) is 0 Å². The van der Waals surface area contributed by atoms with Gasteiger partial charge in [-0.2, -0.15) is 5.10 Å². The maximum Gasteiger partial charge on any atom is 0.359 e. The van der Waals surface area contributed by atoms with E-state index in [4.69, 9.17) is 18.9 Å². The first kappa shape index (κ1) is 26.8. The number of methoxy groups -OCH3 is 1. The largest absolute Gasteiger partial charge is 0.495 e. The van der Waals surface area contributed by atoms with Gasteiger partial charge in [0.1, 0.15) is 5.75 Å². The third kappa shape index (κ3) is 5.40. The third-order valence-corrected chi connectivity index (χ3v) is 11.7. The molecule has 37 heavy (non-hydrogen) atoms. The van der Waals surface area contributed by atoms with Crippen molar-refractivity contribution in [1.29, 1.82) is 0 Å². The van der Waals surface area contributed by atoms with Crippen LogP contribution in [0.5, 0.6) is 5.75 Å². The van der Waals surface area contributed by atoms with E-state index in [9.17, 15) is 4.79 Å². The van der Waals surface area contributed by atoms with E-state index in [1.165, 1.54) is 0 Å². The van der Waals surface area contributed by atoms with Gasteiger partial charge in [-0.1, -0.05) is 26.8 Å². The molecular weight excluding hydrogens is 486 g/mol. The molecule has 1 aliphatic rings. The maximum atomic E-state index is 12.4. The van der Waals surface area contributed by atoms with Crippen LogP contribution in [-0.2, 0) is 35.7 Å². The molecule has 1 aliphatic carbocycles. The molecule has 0 aliphatic heterocycles. The lowest BCUT2D eigenvalue weighted by atomic mass is 9.93. The van der Waals surface area contributed by atoms with Gasteiger partial charge in [-0.3, -0.25) is 4.68 Å². The highest BCUT2D eigenvalue weighted by atomic mass is 28.4. The normalized spacial score (nSPS) is 13.1. The molecule has 0 unspecified atom stereocenters. The molecule has 0 amide bonds. The fourth-order valence-corrected chi connectivity index (χ4v) is 5.07. The standard InChI is InChI=1S/C27H37N5O4Si/c1-9-35-25(33)23-19-12-11-18-15-28-26(30-22(18)24(19)32(5)31-23)29-20-13-10-17(14-21(20)34-6)16-36-37(7,8)27(2,3)4/h10,13-15H,9,11-12,16H2,1-8H3,(H,28,29,30). The van der Waals surface area contributed by atoms with E-state index in [0.717, 1.165) is 40.2 Å². The number of rotatable bonds is 8. The first-order valence-electron chi connectivity index (χ1n) is 12.6. The number of aromatic nitrogens is 4. The summed E-state index contributed by atoms with van der Waals surface area (Å²) in [6.07, 6.45) is 3.25. The number of aryl methyl sites for hydroxylation is 2. The summed E-state index contributed by atoms with van der Waals surface area (Å²) in [7, 11) is 1.60. The second kappa shape index (κ2) is 10.3. The number of nitrogens with zero attached hydrogens (tertiary/aromatic N) is 4. The number of carbonyl (C=O) groups is 1. The van der Waals surface area contributed by atoms with E-state index in [-0.39, 0.29) is 5.04 Å². The number of esters is 1. The van der Waals surface area contributed by atoms with E-state index < -0.39 is 14.3 Å². The Morgan fingerprint density at radius 2 is 1.97 bits per heavy atom. The Morgan fingerprint density at radius 3 is 2.65 bits per heavy atom. The molecule has 4 rings (SSSR count). The summed E-state index contributed by atoms with van der Waals surface area (Å²) in [4.78, 5) is 21.8. The second-order valence-corrected chi connectivity index (χ2v) is 15.6. The molecule has 0 saturated heterocycles. The molecule has 2 aromatic heterocycles. The molecule has 2 heterocycles. The maximum absolute atomic E-state index is 12.4. The van der Waals surface area contributed by atoms with Crippen molar-refractivity contribution in [1.82, 2.24) is 19.7 Å². The topological polar surface area (TPSA) is 100 Å². The molecule has 9 nitrogen and oxygen atoms in total. The molecule has 1 aromatic carbocycles. The smallest absolute Gasteiger partial charge is 0.359 e. The summed E-state index contributed by atoms with van der Waals surface area (Å²) >= 11 is 0. The Kier molecular flexibility index (Phi) is 7.43. The lowest BCUT2D eigenvalue weighted by Crippen LogP contribution is -2.40. The number of nitrogens with one attached hydrogen (secondary N) is 1. The Balaban J connectivity index is 1.58. The van der Waals surface area contributed by atoms with Crippen molar-refractivity contribution in [2.75, 3.05) is 19.0 Å². The van der Waals surface area contributed by atoms with Gasteiger partial charge < -0.3 is 19.2 Å². The van der Waals surface area contributed by atoms with Crippen LogP contribution in [0.25, 0.3) is 11.4 Å². The number of anilines is 2. The SMILES string of the molecule is CCOC(=O)c1nn(C)c2c1CCc1cnc(Nc3ccc(CO[Si](C)(C)C(C)(C)C)cc3OC)nc1-2. The van der Waals surface area contributed by atoms with Crippen LogP contribution in [0.2, 0.25) is 18.1 Å². The number of ether oxygens (including phenoxy) is 2. The van der Waals surface area contributed by atoms with Gasteiger partial charge in [-0.05, 0) is 61.2 Å². The molecule has 198 valence electrons. The van der Waals surface area contributed by atoms with Crippen LogP contribution in [0.3, 0.4) is 0 Å². The van der Waals surface area contributed by atoms with Crippen molar-refractivity contribution in [3.8, 4) is 17.1 Å². The molecule has 0 atom stereocenters. The third-order valence-electron chi connectivity index (χ3n) is 7.27. The number of hydrogen-bond donors (Lipinski definition) is 1. The Labute approximate surface area is 219 Å². The Hall–Kier alpha value is -3.24. The molecule has 0 radical (unpaired) electrons. The van der Waals surface area contributed by atoms with Gasteiger partial charge in [0, 0.05) is 18.8 Å². The highest BCUT2D eigenvalue weighted by Crippen LogP contribution is 2.38. The van der Waals surface area contributed by atoms with E-state index in [2.05, 4.69) is 49.3 Å². The van der Waals surface area contributed by atoms with Crippen molar-refractivity contribution in [2.24, 2.45) is 7.05 Å². The fraction of sp³-hybridized carbons (Fsp3) is 0.481. The van der Waals surface area contributed by atoms with E-state index >= 15 is 0 Å². The van der Waals surface area contributed by atoms with Gasteiger partial charge in [0.15, 0.2) is 14.0 Å². The summed E-state index contributed by atoms with van der Waals surface area (Å²) in [5.41, 5.74) is 5.62. The second-order valence-electron chi connectivity index (χ2n) is 10.8. The summed E-state index contributed by atoms with van der Waals surface area (Å²) in [5, 5.41) is 7.89. The van der Waals surface area contributed by atoms with Gasteiger partial charge in [0.2, 0.25) is 5.95 Å². The number of carbonyl (C=O) groups excluding carboxylic acids is 1. The zero-order valence-corrected chi connectivity index (χ0v) is 24.1. The summed E-state index contributed by atoms with van der Waals surface area (Å²) in [6.45, 7) is 13.8. The van der Waals surface area contributed by atoms with E-state index in [1.807, 2.05) is 31.4 Å². The van der Waals surface area contributed by atoms with Crippen LogP contribution >= 0.6 is 0 Å². The molecule has 0 spiro atoms. The number of benzene rings is 1. The van der Waals surface area contributed by atoms with Crippen molar-refractivity contribution >= 4 is 25.9 Å². The minimum atomic E-state index is -1.86. The van der Waals surface area contributed by atoms with Crippen LogP contribution < -0.4 is 10.1 Å². The van der Waals surface area contributed by atoms with Gasteiger partial charge in [0.25, 0.3) is 0 Å². The lowest BCUT2D eigenvalue weighted by Gasteiger charge is -2.36. The highest BCUT2D eigenvalue weighted by molar-refractivity contribution is 6.74. The zero-order chi connectivity index (χ0) is 27.0. The van der Waals surface area contributed by atoms with Crippen molar-refractivity contribution in [3.63, 3.8) is 0 Å². The molecule has 3 aromatic rings. The first-order chi connectivity index (χ1) is 17.4. The lowest BCUT2D eigenvalue weighted by molar-refractivity contribution is 0.0517. The molecule has 0 bridgehead atoms. The number of hydrogen-bond acceptors (Lipinski definition) is 8. The van der Waals surface area contributed by atoms with Crippen molar-refractivity contribution in [2.45, 2.75) is 65.3 Å². The first-order valence-corrected chi connectivity index (χ1v) is 15.5. The molecule has 10 heteroatoms. The summed E-state index contributed by atoms with van der Waals surface area (Å²) in [5.74, 6) is 0.718. The Bertz CT molecular complexity index is 1310. The fourth-order valence-electron chi connectivity index (χ4n) is 4.11. The van der Waals surface area contributed by atoms with Crippen LogP contribution in [0.1, 0.15) is 54.9 Å². The van der Waals surface area contributed by atoms with Crippen LogP contribution in [0, 0.1) is 0 Å². The van der Waals surface area contributed by atoms with Crippen LogP contribution in [0.4, 0.5) is 11.6 Å². The number of fused-ring (bicyclic) bond motifs is 3. The van der Waals surface area contributed by atoms with E-state index in [1.54, 1.807) is 18.7 Å². The summed E-state index contributed by atoms with van der Waals surface area (Å²) in [6, 6.07) is 5.97. The zero-order valence-electron chi connectivity index (χ0n) is 23.1. The van der Waals surface area contributed by atoms with Crippen LogP contribution in [-0.4, -0.2) is 47.8 Å². The minimum absolute atomic E-state index is 0.146. The monoisotopic (exact) mass is 523 g/mol. The Morgan fingerprint density at radius 1 is 1.22 bits per heavy atom. The highest BCUT2D eigenvalue weighted by Gasteiger charge is 2.37. The quantitative estimate of drug-likeness (QED) is 0.308. The van der Waals surface area contributed by atoms with Crippen molar-refractivity contribution in [3.05, 3.63) is 46.8 Å². The summed E-state index contributed by atoms with van der Waals surface area (Å²) < 4.78 is 19.0. The molecule has 0 fully saturated rings. The predicted octanol–water partition coefficient (Wildman–Crippen LogP) is 5.43. The average molecular weight is 524 g/mol. The minimum Gasteiger partial charge on any atom is -0.495 e. The average Bonchev–Trinajstić information content (AvgIpc) is 3.20. The van der Waals surface area contributed by atoms with Gasteiger partial charge in [-0.25, -0.2) is 14.8 Å². The predicted molar refractivity (Wildman–Crippen MR) is 146 cm³/mol. The molecular formula is C27H37N5O4Si. The molecule has 0 saturated carbocycles. The van der Waals surface area contributed by atoms with Crippen LogP contribution in [0.15, 0.2) is 24.4 Å². The van der Waals surface area contributed by atoms with E-state index in [0.29, 0.717) is 37.0 Å². The van der Waals surface area contributed by atoms with Gasteiger partial charge in [0.05, 0.1) is 37.4 Å². The van der Waals surface area contributed by atoms with Gasteiger partial charge >= 0.3 is 5.97 Å². The molecule has 1 N–H and O–H groups in total.